The van der Waals surface area contributed by atoms with Gasteiger partial charge < -0.3 is 4.90 Å². The Morgan fingerprint density at radius 1 is 1.21 bits per heavy atom. The number of carbonyl (C=O) groups excluding carboxylic acids is 1. The van der Waals surface area contributed by atoms with Crippen molar-refractivity contribution in [3.63, 3.8) is 0 Å². The molecular weight excluding hydrogens is 302 g/mol. The fourth-order valence-electron chi connectivity index (χ4n) is 3.96. The van der Waals surface area contributed by atoms with Gasteiger partial charge >= 0.3 is 0 Å². The quantitative estimate of drug-likeness (QED) is 0.796. The van der Waals surface area contributed by atoms with E-state index in [0.717, 1.165) is 62.1 Å². The zero-order valence-corrected chi connectivity index (χ0v) is 14.1. The predicted octanol–water partition coefficient (Wildman–Crippen LogP) is 2.43. The van der Waals surface area contributed by atoms with Crippen LogP contribution in [-0.2, 0) is 11.8 Å². The molecule has 2 aromatic rings. The van der Waals surface area contributed by atoms with E-state index in [0.29, 0.717) is 5.91 Å². The highest BCUT2D eigenvalue weighted by molar-refractivity contribution is 5.79. The number of carbonyl (C=O) groups is 1. The van der Waals surface area contributed by atoms with Gasteiger partial charge in [-0.2, -0.15) is 5.10 Å². The van der Waals surface area contributed by atoms with Crippen molar-refractivity contribution in [2.45, 2.75) is 38.0 Å². The van der Waals surface area contributed by atoms with Gasteiger partial charge in [0.25, 0.3) is 0 Å². The van der Waals surface area contributed by atoms with E-state index in [9.17, 15) is 4.79 Å². The molecule has 3 heterocycles. The van der Waals surface area contributed by atoms with Gasteiger partial charge in [-0.1, -0.05) is 12.2 Å². The molecule has 1 saturated heterocycles. The zero-order chi connectivity index (χ0) is 16.5. The summed E-state index contributed by atoms with van der Waals surface area (Å²) in [6, 6.07) is 0. The predicted molar refractivity (Wildman–Crippen MR) is 91.3 cm³/mol. The Bertz CT molecular complexity index is 781. The third-order valence-electron chi connectivity index (χ3n) is 5.22. The van der Waals surface area contributed by atoms with Gasteiger partial charge in [0.15, 0.2) is 5.65 Å². The largest absolute Gasteiger partial charge is 0.342 e. The first-order valence-corrected chi connectivity index (χ1v) is 8.81. The Morgan fingerprint density at radius 3 is 2.92 bits per heavy atom. The van der Waals surface area contributed by atoms with Crippen LogP contribution in [-0.4, -0.2) is 43.6 Å². The van der Waals surface area contributed by atoms with Gasteiger partial charge in [0.1, 0.15) is 5.52 Å². The van der Waals surface area contributed by atoms with Crippen LogP contribution in [0.15, 0.2) is 24.5 Å². The van der Waals surface area contributed by atoms with Gasteiger partial charge in [0.2, 0.25) is 5.91 Å². The monoisotopic (exact) mass is 325 g/mol. The maximum absolute atomic E-state index is 12.8. The van der Waals surface area contributed by atoms with E-state index in [-0.39, 0.29) is 11.8 Å². The van der Waals surface area contributed by atoms with Crippen molar-refractivity contribution < 1.29 is 4.79 Å². The zero-order valence-electron chi connectivity index (χ0n) is 14.1. The SMILES string of the molecule is Cn1nc(C2CCCN(C(=O)C3CC=CCC3)C2)c2nccnc21. The Hall–Kier alpha value is -2.24. The lowest BCUT2D eigenvalue weighted by atomic mass is 9.90. The summed E-state index contributed by atoms with van der Waals surface area (Å²) in [7, 11) is 1.90. The molecule has 6 nitrogen and oxygen atoms in total. The van der Waals surface area contributed by atoms with Crippen molar-refractivity contribution >= 4 is 17.1 Å². The fourth-order valence-corrected chi connectivity index (χ4v) is 3.96. The van der Waals surface area contributed by atoms with Crippen LogP contribution in [0.4, 0.5) is 0 Å². The smallest absolute Gasteiger partial charge is 0.226 e. The summed E-state index contributed by atoms with van der Waals surface area (Å²) in [5, 5.41) is 4.66. The lowest BCUT2D eigenvalue weighted by Crippen LogP contribution is -2.42. The maximum Gasteiger partial charge on any atom is 0.226 e. The van der Waals surface area contributed by atoms with Crippen LogP contribution in [0, 0.1) is 5.92 Å². The topological polar surface area (TPSA) is 63.9 Å². The van der Waals surface area contributed by atoms with Crippen molar-refractivity contribution in [1.82, 2.24) is 24.6 Å². The number of hydrogen-bond acceptors (Lipinski definition) is 4. The van der Waals surface area contributed by atoms with Crippen molar-refractivity contribution in [2.75, 3.05) is 13.1 Å². The minimum atomic E-state index is 0.161. The molecule has 0 spiro atoms. The second-order valence-corrected chi connectivity index (χ2v) is 6.84. The number of piperidine rings is 1. The third kappa shape index (κ3) is 2.70. The molecule has 1 aliphatic heterocycles. The molecule has 2 atom stereocenters. The van der Waals surface area contributed by atoms with E-state index in [4.69, 9.17) is 0 Å². The van der Waals surface area contributed by atoms with Crippen molar-refractivity contribution in [3.05, 3.63) is 30.2 Å². The van der Waals surface area contributed by atoms with Crippen molar-refractivity contribution in [3.8, 4) is 0 Å². The second-order valence-electron chi connectivity index (χ2n) is 6.84. The lowest BCUT2D eigenvalue weighted by molar-refractivity contribution is -0.137. The first-order valence-electron chi connectivity index (χ1n) is 8.81. The summed E-state index contributed by atoms with van der Waals surface area (Å²) < 4.78 is 1.80. The van der Waals surface area contributed by atoms with Crippen LogP contribution in [0.5, 0.6) is 0 Å². The average molecular weight is 325 g/mol. The minimum absolute atomic E-state index is 0.161. The van der Waals surface area contributed by atoms with Gasteiger partial charge in [0.05, 0.1) is 5.69 Å². The van der Waals surface area contributed by atoms with E-state index in [1.807, 2.05) is 7.05 Å². The molecule has 1 fully saturated rings. The molecule has 1 aliphatic carbocycles. The van der Waals surface area contributed by atoms with Crippen molar-refractivity contribution in [2.24, 2.45) is 13.0 Å². The first-order chi connectivity index (χ1) is 11.7. The molecular formula is C18H23N5O. The Morgan fingerprint density at radius 2 is 2.08 bits per heavy atom. The highest BCUT2D eigenvalue weighted by Gasteiger charge is 2.31. The number of aryl methyl sites for hydroxylation is 1. The van der Waals surface area contributed by atoms with E-state index in [1.165, 1.54) is 0 Å². The normalized spacial score (nSPS) is 24.5. The van der Waals surface area contributed by atoms with E-state index < -0.39 is 0 Å². The molecule has 6 heteroatoms. The van der Waals surface area contributed by atoms with Crippen molar-refractivity contribution in [1.29, 1.82) is 0 Å². The number of amides is 1. The van der Waals surface area contributed by atoms with Crippen LogP contribution >= 0.6 is 0 Å². The van der Waals surface area contributed by atoms with E-state index in [1.54, 1.807) is 17.1 Å². The molecule has 0 bridgehead atoms. The van der Waals surface area contributed by atoms with Crippen LogP contribution < -0.4 is 0 Å². The van der Waals surface area contributed by atoms with Crippen LogP contribution in [0.1, 0.15) is 43.7 Å². The molecule has 24 heavy (non-hydrogen) atoms. The molecule has 0 N–H and O–H groups in total. The molecule has 2 aromatic heterocycles. The van der Waals surface area contributed by atoms with Crippen LogP contribution in [0.25, 0.3) is 11.2 Å². The third-order valence-corrected chi connectivity index (χ3v) is 5.22. The van der Waals surface area contributed by atoms with Gasteiger partial charge in [-0.3, -0.25) is 4.79 Å². The minimum Gasteiger partial charge on any atom is -0.342 e. The molecule has 0 aromatic carbocycles. The van der Waals surface area contributed by atoms with Gasteiger partial charge in [0, 0.05) is 44.4 Å². The summed E-state index contributed by atoms with van der Waals surface area (Å²) >= 11 is 0. The standard InChI is InChI=1S/C18H23N5O/c1-22-17-16(19-9-10-20-17)15(21-22)14-8-5-11-23(12-14)18(24)13-6-3-2-4-7-13/h2-3,9-10,13-14H,4-8,11-12H2,1H3. The Kier molecular flexibility index (Phi) is 4.04. The summed E-state index contributed by atoms with van der Waals surface area (Å²) in [5.74, 6) is 0.728. The molecule has 4 rings (SSSR count). The molecule has 0 saturated carbocycles. The maximum atomic E-state index is 12.8. The number of hydrogen-bond donors (Lipinski definition) is 0. The molecule has 1 amide bonds. The summed E-state index contributed by atoms with van der Waals surface area (Å²) in [5.41, 5.74) is 2.68. The summed E-state index contributed by atoms with van der Waals surface area (Å²) in [4.78, 5) is 23.7. The molecule has 2 aliphatic rings. The summed E-state index contributed by atoms with van der Waals surface area (Å²) in [6.45, 7) is 1.62. The van der Waals surface area contributed by atoms with Crippen LogP contribution in [0.3, 0.4) is 0 Å². The number of allylic oxidation sites excluding steroid dienone is 2. The first kappa shape index (κ1) is 15.3. The average Bonchev–Trinajstić information content (AvgIpc) is 2.99. The van der Waals surface area contributed by atoms with Gasteiger partial charge in [-0.25, -0.2) is 14.6 Å². The van der Waals surface area contributed by atoms with Crippen LogP contribution in [0.2, 0.25) is 0 Å². The van der Waals surface area contributed by atoms with E-state index >= 15 is 0 Å². The van der Waals surface area contributed by atoms with Gasteiger partial charge in [-0.15, -0.1) is 0 Å². The highest BCUT2D eigenvalue weighted by atomic mass is 16.2. The fraction of sp³-hybridized carbons (Fsp3) is 0.556. The Labute approximate surface area is 141 Å². The molecule has 126 valence electrons. The van der Waals surface area contributed by atoms with E-state index in [2.05, 4.69) is 32.1 Å². The number of rotatable bonds is 2. The van der Waals surface area contributed by atoms with Gasteiger partial charge in [-0.05, 0) is 32.1 Å². The lowest BCUT2D eigenvalue weighted by Gasteiger charge is -2.34. The number of fused-ring (bicyclic) bond motifs is 1. The number of likely N-dealkylation sites (tertiary alicyclic amines) is 1. The number of nitrogens with zero attached hydrogens (tertiary/aromatic N) is 5. The second kappa shape index (κ2) is 6.34. The Balaban J connectivity index is 1.56. The number of aromatic nitrogens is 4. The molecule has 2 unspecified atom stereocenters. The highest BCUT2D eigenvalue weighted by Crippen LogP contribution is 2.31. The summed E-state index contributed by atoms with van der Waals surface area (Å²) in [6.07, 6.45) is 12.7. The molecule has 0 radical (unpaired) electrons.